The van der Waals surface area contributed by atoms with Crippen LogP contribution in [-0.4, -0.2) is 19.1 Å². The number of esters is 1. The van der Waals surface area contributed by atoms with E-state index < -0.39 is 0 Å². The van der Waals surface area contributed by atoms with E-state index in [-0.39, 0.29) is 12.0 Å². The number of carbonyl (C=O) groups excluding carboxylic acids is 1. The molecule has 0 aliphatic rings. The van der Waals surface area contributed by atoms with Crippen molar-refractivity contribution >= 4 is 5.97 Å². The third-order valence-electron chi connectivity index (χ3n) is 1.51. The van der Waals surface area contributed by atoms with Gasteiger partial charge in [-0.05, 0) is 18.5 Å². The fourth-order valence-electron chi connectivity index (χ4n) is 0.988. The molecular weight excluding hydrogens is 154 g/mol. The van der Waals surface area contributed by atoms with Gasteiger partial charge < -0.3 is 10.1 Å². The summed E-state index contributed by atoms with van der Waals surface area (Å²) in [5.41, 5.74) is 0. The first-order valence-electron chi connectivity index (χ1n) is 4.06. The summed E-state index contributed by atoms with van der Waals surface area (Å²) in [5, 5.41) is 2.85. The normalized spacial score (nSPS) is 12.3. The molecule has 0 amide bonds. The summed E-state index contributed by atoms with van der Waals surface area (Å²) in [4.78, 5) is 11.1. The number of nitrogens with one attached hydrogen (secondary N) is 1. The van der Waals surface area contributed by atoms with Gasteiger partial charge in [-0.25, -0.2) is 4.79 Å². The first-order valence-corrected chi connectivity index (χ1v) is 4.06. The van der Waals surface area contributed by atoms with Crippen LogP contribution in [0.2, 0.25) is 0 Å². The number of carbonyl (C=O) groups is 1. The molecule has 0 bridgehead atoms. The minimum absolute atomic E-state index is 0.233. The summed E-state index contributed by atoms with van der Waals surface area (Å²) in [6.07, 6.45) is 2.28. The largest absolute Gasteiger partial charge is 0.467 e. The van der Waals surface area contributed by atoms with Crippen LogP contribution in [0.4, 0.5) is 0 Å². The molecule has 0 aromatic carbocycles. The molecule has 12 heavy (non-hydrogen) atoms. The summed E-state index contributed by atoms with van der Waals surface area (Å²) in [6.45, 7) is 7.62. The zero-order chi connectivity index (χ0) is 9.56. The zero-order valence-corrected chi connectivity index (χ0v) is 7.96. The van der Waals surface area contributed by atoms with Gasteiger partial charge >= 0.3 is 5.97 Å². The second-order valence-corrected chi connectivity index (χ2v) is 3.08. The number of hydrogen-bond donors (Lipinski definition) is 1. The van der Waals surface area contributed by atoms with Crippen molar-refractivity contribution in [2.75, 3.05) is 7.11 Å². The average Bonchev–Trinajstić information content (AvgIpc) is 2.01. The van der Waals surface area contributed by atoms with Crippen LogP contribution in [0.25, 0.3) is 0 Å². The van der Waals surface area contributed by atoms with Gasteiger partial charge in [-0.1, -0.05) is 20.4 Å². The molecule has 0 saturated carbocycles. The van der Waals surface area contributed by atoms with E-state index in [9.17, 15) is 4.79 Å². The fraction of sp³-hybridized carbons (Fsp3) is 0.667. The molecule has 0 aliphatic carbocycles. The molecule has 0 aromatic rings. The zero-order valence-electron chi connectivity index (χ0n) is 7.96. The van der Waals surface area contributed by atoms with Gasteiger partial charge in [0.25, 0.3) is 0 Å². The van der Waals surface area contributed by atoms with E-state index >= 15 is 0 Å². The van der Waals surface area contributed by atoms with Gasteiger partial charge in [0.1, 0.15) is 6.04 Å². The smallest absolute Gasteiger partial charge is 0.328 e. The summed E-state index contributed by atoms with van der Waals surface area (Å²) >= 11 is 0. The van der Waals surface area contributed by atoms with E-state index in [1.807, 2.05) is 0 Å². The molecule has 1 unspecified atom stereocenters. The molecule has 3 heteroatoms. The first-order chi connectivity index (χ1) is 5.61. The Morgan fingerprint density at radius 2 is 2.25 bits per heavy atom. The number of rotatable bonds is 5. The van der Waals surface area contributed by atoms with Gasteiger partial charge in [0.05, 0.1) is 7.11 Å². The van der Waals surface area contributed by atoms with Crippen molar-refractivity contribution in [3.63, 3.8) is 0 Å². The molecular formula is C9H17NO2. The molecule has 1 atom stereocenters. The monoisotopic (exact) mass is 171 g/mol. The van der Waals surface area contributed by atoms with Crippen LogP contribution >= 0.6 is 0 Å². The molecule has 0 aromatic heterocycles. The van der Waals surface area contributed by atoms with Crippen molar-refractivity contribution in [1.82, 2.24) is 5.32 Å². The van der Waals surface area contributed by atoms with Gasteiger partial charge in [0.2, 0.25) is 0 Å². The van der Waals surface area contributed by atoms with Gasteiger partial charge in [-0.2, -0.15) is 0 Å². The van der Waals surface area contributed by atoms with E-state index in [0.29, 0.717) is 5.92 Å². The Kier molecular flexibility index (Phi) is 5.17. The van der Waals surface area contributed by atoms with Crippen LogP contribution in [0.1, 0.15) is 20.3 Å². The number of methoxy groups -OCH3 is 1. The van der Waals surface area contributed by atoms with Crippen LogP contribution in [-0.2, 0) is 9.53 Å². The first kappa shape index (κ1) is 11.0. The quantitative estimate of drug-likeness (QED) is 0.634. The summed E-state index contributed by atoms with van der Waals surface area (Å²) in [7, 11) is 1.39. The molecule has 0 aliphatic heterocycles. The van der Waals surface area contributed by atoms with E-state index in [0.717, 1.165) is 6.42 Å². The molecule has 1 N–H and O–H groups in total. The Balaban J connectivity index is 4.02. The van der Waals surface area contributed by atoms with E-state index in [2.05, 4.69) is 30.5 Å². The van der Waals surface area contributed by atoms with Gasteiger partial charge in [0.15, 0.2) is 0 Å². The molecule has 0 fully saturated rings. The maximum absolute atomic E-state index is 11.1. The summed E-state index contributed by atoms with van der Waals surface area (Å²) in [5.74, 6) is 0.227. The Labute approximate surface area is 73.8 Å². The van der Waals surface area contributed by atoms with E-state index in [1.54, 1.807) is 0 Å². The maximum Gasteiger partial charge on any atom is 0.328 e. The minimum Gasteiger partial charge on any atom is -0.467 e. The van der Waals surface area contributed by atoms with Crippen molar-refractivity contribution in [1.29, 1.82) is 0 Å². The van der Waals surface area contributed by atoms with Crippen LogP contribution in [0.5, 0.6) is 0 Å². The van der Waals surface area contributed by atoms with Crippen molar-refractivity contribution in [3.8, 4) is 0 Å². The predicted molar refractivity (Wildman–Crippen MR) is 48.6 cm³/mol. The molecule has 3 nitrogen and oxygen atoms in total. The predicted octanol–water partition coefficient (Wildman–Crippen LogP) is 1.31. The number of hydrogen-bond acceptors (Lipinski definition) is 3. The Morgan fingerprint density at radius 3 is 2.58 bits per heavy atom. The van der Waals surface area contributed by atoms with Crippen molar-refractivity contribution in [2.24, 2.45) is 5.92 Å². The fourth-order valence-corrected chi connectivity index (χ4v) is 0.988. The van der Waals surface area contributed by atoms with Crippen molar-refractivity contribution < 1.29 is 9.53 Å². The van der Waals surface area contributed by atoms with Crippen LogP contribution < -0.4 is 5.32 Å². The lowest BCUT2D eigenvalue weighted by Gasteiger charge is -2.16. The van der Waals surface area contributed by atoms with Crippen LogP contribution in [0, 0.1) is 5.92 Å². The standard InChI is InChI=1S/C9H17NO2/c1-5-10-8(6-7(2)3)9(11)12-4/h5,7-8,10H,1,6H2,2-4H3. The van der Waals surface area contributed by atoms with Crippen LogP contribution in [0.15, 0.2) is 12.8 Å². The second kappa shape index (κ2) is 5.63. The molecule has 0 heterocycles. The highest BCUT2D eigenvalue weighted by atomic mass is 16.5. The summed E-state index contributed by atoms with van der Waals surface area (Å²) in [6, 6.07) is -0.257. The lowest BCUT2D eigenvalue weighted by atomic mass is 10.0. The third kappa shape index (κ3) is 4.01. The summed E-state index contributed by atoms with van der Waals surface area (Å²) < 4.78 is 4.62. The minimum atomic E-state index is -0.257. The van der Waals surface area contributed by atoms with Gasteiger partial charge in [-0.15, -0.1) is 0 Å². The lowest BCUT2D eigenvalue weighted by Crippen LogP contribution is -2.35. The number of ether oxygens (including phenoxy) is 1. The highest BCUT2D eigenvalue weighted by molar-refractivity contribution is 5.75. The Hall–Kier alpha value is -0.990. The highest BCUT2D eigenvalue weighted by Gasteiger charge is 2.17. The van der Waals surface area contributed by atoms with Crippen molar-refractivity contribution in [2.45, 2.75) is 26.3 Å². The van der Waals surface area contributed by atoms with Crippen molar-refractivity contribution in [3.05, 3.63) is 12.8 Å². The lowest BCUT2D eigenvalue weighted by molar-refractivity contribution is -0.143. The maximum atomic E-state index is 11.1. The average molecular weight is 171 g/mol. The molecule has 0 radical (unpaired) electrons. The van der Waals surface area contributed by atoms with Gasteiger partial charge in [0, 0.05) is 0 Å². The molecule has 0 rings (SSSR count). The van der Waals surface area contributed by atoms with E-state index in [1.165, 1.54) is 13.3 Å². The Bertz CT molecular complexity index is 155. The van der Waals surface area contributed by atoms with E-state index in [4.69, 9.17) is 0 Å². The van der Waals surface area contributed by atoms with Crippen LogP contribution in [0.3, 0.4) is 0 Å². The van der Waals surface area contributed by atoms with Gasteiger partial charge in [-0.3, -0.25) is 0 Å². The third-order valence-corrected chi connectivity index (χ3v) is 1.51. The highest BCUT2D eigenvalue weighted by Crippen LogP contribution is 2.05. The molecule has 70 valence electrons. The second-order valence-electron chi connectivity index (χ2n) is 3.08. The molecule has 0 saturated heterocycles. The Morgan fingerprint density at radius 1 is 1.67 bits per heavy atom. The SMILES string of the molecule is C=CNC(CC(C)C)C(=O)OC. The topological polar surface area (TPSA) is 38.3 Å². The molecule has 0 spiro atoms.